The smallest absolute Gasteiger partial charge is 0.326 e. The Morgan fingerprint density at radius 1 is 1.55 bits per heavy atom. The van der Waals surface area contributed by atoms with Crippen molar-refractivity contribution < 1.29 is 24.2 Å². The summed E-state index contributed by atoms with van der Waals surface area (Å²) < 4.78 is 10.2. The average molecular weight is 328 g/mol. The lowest BCUT2D eigenvalue weighted by Gasteiger charge is -2.17. The van der Waals surface area contributed by atoms with Crippen LogP contribution in [0.2, 0.25) is 5.02 Å². The maximum Gasteiger partial charge on any atom is 0.326 e. The molecule has 7 heteroatoms. The van der Waals surface area contributed by atoms with E-state index in [2.05, 4.69) is 5.32 Å². The monoisotopic (exact) mass is 327 g/mol. The predicted molar refractivity (Wildman–Crippen MR) is 80.2 cm³/mol. The van der Waals surface area contributed by atoms with Crippen molar-refractivity contribution in [1.29, 1.82) is 0 Å². The SMILES string of the molecule is COc1ccc(C[C@@H](NC(=O)[C@H]2CCOC2)C(=O)O)cc1Cl. The predicted octanol–water partition coefficient (Wildman–Crippen LogP) is 1.50. The highest BCUT2D eigenvalue weighted by molar-refractivity contribution is 6.32. The Morgan fingerprint density at radius 3 is 2.86 bits per heavy atom. The Bertz CT molecular complexity index is 557. The highest BCUT2D eigenvalue weighted by Gasteiger charge is 2.28. The number of benzene rings is 1. The second-order valence-electron chi connectivity index (χ2n) is 5.13. The number of nitrogens with one attached hydrogen (secondary N) is 1. The van der Waals surface area contributed by atoms with E-state index in [9.17, 15) is 14.7 Å². The van der Waals surface area contributed by atoms with Crippen LogP contribution in [0.4, 0.5) is 0 Å². The number of ether oxygens (including phenoxy) is 2. The zero-order chi connectivity index (χ0) is 16.1. The molecular formula is C15H18ClNO5. The summed E-state index contributed by atoms with van der Waals surface area (Å²) in [6.45, 7) is 0.871. The molecule has 1 fully saturated rings. The van der Waals surface area contributed by atoms with Gasteiger partial charge in [-0.15, -0.1) is 0 Å². The zero-order valence-corrected chi connectivity index (χ0v) is 12.9. The number of carbonyl (C=O) groups excluding carboxylic acids is 1. The highest BCUT2D eigenvalue weighted by Crippen LogP contribution is 2.25. The van der Waals surface area contributed by atoms with Crippen LogP contribution in [-0.4, -0.2) is 43.3 Å². The van der Waals surface area contributed by atoms with Gasteiger partial charge >= 0.3 is 5.97 Å². The first-order valence-corrected chi connectivity index (χ1v) is 7.32. The number of carboxylic acids is 1. The first-order valence-electron chi connectivity index (χ1n) is 6.94. The molecule has 1 aliphatic heterocycles. The van der Waals surface area contributed by atoms with E-state index >= 15 is 0 Å². The molecule has 1 aromatic carbocycles. The van der Waals surface area contributed by atoms with E-state index in [0.29, 0.717) is 36.0 Å². The Balaban J connectivity index is 2.03. The van der Waals surface area contributed by atoms with Crippen LogP contribution in [0, 0.1) is 5.92 Å². The number of aliphatic carboxylic acids is 1. The topological polar surface area (TPSA) is 84.9 Å². The van der Waals surface area contributed by atoms with Crippen LogP contribution < -0.4 is 10.1 Å². The number of carboxylic acid groups (broad SMARTS) is 1. The van der Waals surface area contributed by atoms with Crippen LogP contribution in [0.1, 0.15) is 12.0 Å². The normalized spacial score (nSPS) is 18.7. The quantitative estimate of drug-likeness (QED) is 0.827. The molecule has 1 saturated heterocycles. The molecule has 0 unspecified atom stereocenters. The molecule has 0 radical (unpaired) electrons. The summed E-state index contributed by atoms with van der Waals surface area (Å²) in [5, 5.41) is 12.3. The Hall–Kier alpha value is -1.79. The number of halogens is 1. The van der Waals surface area contributed by atoms with Crippen LogP contribution in [-0.2, 0) is 20.7 Å². The van der Waals surface area contributed by atoms with Crippen molar-refractivity contribution >= 4 is 23.5 Å². The van der Waals surface area contributed by atoms with E-state index in [1.165, 1.54) is 7.11 Å². The van der Waals surface area contributed by atoms with Gasteiger partial charge in [0.2, 0.25) is 5.91 Å². The van der Waals surface area contributed by atoms with Gasteiger partial charge in [0, 0.05) is 13.0 Å². The second kappa shape index (κ2) is 7.47. The lowest BCUT2D eigenvalue weighted by Crippen LogP contribution is -2.45. The molecule has 0 bridgehead atoms. The molecule has 1 amide bonds. The lowest BCUT2D eigenvalue weighted by molar-refractivity contribution is -0.142. The van der Waals surface area contributed by atoms with Gasteiger partial charge in [-0.1, -0.05) is 17.7 Å². The van der Waals surface area contributed by atoms with Gasteiger partial charge < -0.3 is 19.9 Å². The lowest BCUT2D eigenvalue weighted by atomic mass is 10.0. The molecule has 6 nitrogen and oxygen atoms in total. The van der Waals surface area contributed by atoms with E-state index in [-0.39, 0.29) is 18.2 Å². The van der Waals surface area contributed by atoms with E-state index in [1.54, 1.807) is 18.2 Å². The minimum atomic E-state index is -1.08. The fourth-order valence-electron chi connectivity index (χ4n) is 2.30. The minimum Gasteiger partial charge on any atom is -0.495 e. The van der Waals surface area contributed by atoms with Crippen LogP contribution in [0.3, 0.4) is 0 Å². The summed E-state index contributed by atoms with van der Waals surface area (Å²) in [4.78, 5) is 23.4. The molecule has 0 aliphatic carbocycles. The van der Waals surface area contributed by atoms with Crippen molar-refractivity contribution in [2.45, 2.75) is 18.9 Å². The Morgan fingerprint density at radius 2 is 2.32 bits per heavy atom. The van der Waals surface area contributed by atoms with E-state index < -0.39 is 12.0 Å². The summed E-state index contributed by atoms with van der Waals surface area (Å²) >= 11 is 6.03. The maximum absolute atomic E-state index is 12.0. The molecule has 0 saturated carbocycles. The standard InChI is InChI=1S/C15H18ClNO5/c1-21-13-3-2-9(6-11(13)16)7-12(15(19)20)17-14(18)10-4-5-22-8-10/h2-3,6,10,12H,4-5,7-8H2,1H3,(H,17,18)(H,19,20)/t10-,12+/m0/s1. The van der Waals surface area contributed by atoms with Crippen LogP contribution in [0.15, 0.2) is 18.2 Å². The van der Waals surface area contributed by atoms with Crippen molar-refractivity contribution in [3.63, 3.8) is 0 Å². The van der Waals surface area contributed by atoms with Gasteiger partial charge in [0.1, 0.15) is 11.8 Å². The van der Waals surface area contributed by atoms with Crippen LogP contribution >= 0.6 is 11.6 Å². The summed E-state index contributed by atoms with van der Waals surface area (Å²) in [5.74, 6) is -1.13. The fraction of sp³-hybridized carbons (Fsp3) is 0.467. The highest BCUT2D eigenvalue weighted by atomic mass is 35.5. The summed E-state index contributed by atoms with van der Waals surface area (Å²) in [7, 11) is 1.50. The molecule has 1 aliphatic rings. The second-order valence-corrected chi connectivity index (χ2v) is 5.54. The van der Waals surface area contributed by atoms with E-state index in [0.717, 1.165) is 0 Å². The third-order valence-corrected chi connectivity index (χ3v) is 3.87. The summed E-state index contributed by atoms with van der Waals surface area (Å²) in [6.07, 6.45) is 0.769. The van der Waals surface area contributed by atoms with E-state index in [4.69, 9.17) is 21.1 Å². The molecule has 1 heterocycles. The molecular weight excluding hydrogens is 310 g/mol. The number of amides is 1. The van der Waals surface area contributed by atoms with Gasteiger partial charge in [-0.05, 0) is 24.1 Å². The van der Waals surface area contributed by atoms with Gasteiger partial charge in [0.05, 0.1) is 24.7 Å². The number of rotatable bonds is 6. The van der Waals surface area contributed by atoms with Gasteiger partial charge in [0.15, 0.2) is 0 Å². The molecule has 2 atom stereocenters. The van der Waals surface area contributed by atoms with Gasteiger partial charge in [0.25, 0.3) is 0 Å². The molecule has 2 rings (SSSR count). The van der Waals surface area contributed by atoms with E-state index in [1.807, 2.05) is 0 Å². The van der Waals surface area contributed by atoms with Crippen molar-refractivity contribution in [1.82, 2.24) is 5.32 Å². The van der Waals surface area contributed by atoms with Crippen molar-refractivity contribution in [2.24, 2.45) is 5.92 Å². The third kappa shape index (κ3) is 4.11. The van der Waals surface area contributed by atoms with Gasteiger partial charge in [-0.3, -0.25) is 4.79 Å². The van der Waals surface area contributed by atoms with Gasteiger partial charge in [-0.2, -0.15) is 0 Å². The number of hydrogen-bond donors (Lipinski definition) is 2. The fourth-order valence-corrected chi connectivity index (χ4v) is 2.58. The van der Waals surface area contributed by atoms with Crippen molar-refractivity contribution in [2.75, 3.05) is 20.3 Å². The first kappa shape index (κ1) is 16.6. The van der Waals surface area contributed by atoms with Crippen molar-refractivity contribution in [3.8, 4) is 5.75 Å². The maximum atomic E-state index is 12.0. The number of carbonyl (C=O) groups is 2. The molecule has 0 spiro atoms. The zero-order valence-electron chi connectivity index (χ0n) is 12.2. The molecule has 0 aromatic heterocycles. The molecule has 1 aromatic rings. The molecule has 22 heavy (non-hydrogen) atoms. The Kier molecular flexibility index (Phi) is 5.63. The molecule has 2 N–H and O–H groups in total. The number of methoxy groups -OCH3 is 1. The third-order valence-electron chi connectivity index (χ3n) is 3.57. The molecule has 120 valence electrons. The van der Waals surface area contributed by atoms with Gasteiger partial charge in [-0.25, -0.2) is 4.79 Å². The summed E-state index contributed by atoms with van der Waals surface area (Å²) in [6, 6.07) is 4.04. The van der Waals surface area contributed by atoms with Crippen LogP contribution in [0.25, 0.3) is 0 Å². The van der Waals surface area contributed by atoms with Crippen LogP contribution in [0.5, 0.6) is 5.75 Å². The minimum absolute atomic E-state index is 0.151. The first-order chi connectivity index (χ1) is 10.5. The summed E-state index contributed by atoms with van der Waals surface area (Å²) in [5.41, 5.74) is 0.709. The average Bonchev–Trinajstić information content (AvgIpc) is 3.01. The largest absolute Gasteiger partial charge is 0.495 e. The number of hydrogen-bond acceptors (Lipinski definition) is 4. The Labute approximate surface area is 133 Å². The van der Waals surface area contributed by atoms with Crippen molar-refractivity contribution in [3.05, 3.63) is 28.8 Å².